The van der Waals surface area contributed by atoms with Crippen molar-refractivity contribution in [3.8, 4) is 0 Å². The lowest BCUT2D eigenvalue weighted by molar-refractivity contribution is 0.288. The number of hydrogen-bond donors (Lipinski definition) is 0. The lowest BCUT2D eigenvalue weighted by Gasteiger charge is -2.17. The normalized spacial score (nSPS) is 11.5. The van der Waals surface area contributed by atoms with Crippen LogP contribution in [0.3, 0.4) is 0 Å². The van der Waals surface area contributed by atoms with Gasteiger partial charge in [0, 0.05) is 17.5 Å². The van der Waals surface area contributed by atoms with Crippen LogP contribution in [0.1, 0.15) is 22.5 Å². The highest BCUT2D eigenvalue weighted by atomic mass is 35.5. The number of halogens is 1. The second kappa shape index (κ2) is 6.11. The number of fused-ring (bicyclic) bond motifs is 1. The average Bonchev–Trinajstić information content (AvgIpc) is 2.97. The van der Waals surface area contributed by atoms with E-state index in [0.717, 1.165) is 35.3 Å². The van der Waals surface area contributed by atoms with Crippen molar-refractivity contribution < 1.29 is 4.42 Å². The Labute approximate surface area is 135 Å². The van der Waals surface area contributed by atoms with Crippen molar-refractivity contribution in [3.63, 3.8) is 0 Å². The summed E-state index contributed by atoms with van der Waals surface area (Å²) in [5, 5.41) is 1.71. The van der Waals surface area contributed by atoms with E-state index in [-0.39, 0.29) is 0 Å². The summed E-state index contributed by atoms with van der Waals surface area (Å²) in [5.74, 6) is 0.943. The third kappa shape index (κ3) is 3.01. The van der Waals surface area contributed by atoms with Gasteiger partial charge in [-0.2, -0.15) is 0 Å². The predicted molar refractivity (Wildman–Crippen MR) is 90.1 cm³/mol. The molecule has 0 spiro atoms. The van der Waals surface area contributed by atoms with Crippen molar-refractivity contribution in [2.24, 2.45) is 0 Å². The van der Waals surface area contributed by atoms with Crippen LogP contribution in [0.25, 0.3) is 10.9 Å². The molecule has 3 aromatic rings. The first-order valence-electron chi connectivity index (χ1n) is 7.31. The van der Waals surface area contributed by atoms with Crippen LogP contribution < -0.4 is 0 Å². The van der Waals surface area contributed by atoms with Crippen LogP contribution in [-0.2, 0) is 13.1 Å². The molecule has 3 nitrogen and oxygen atoms in total. The third-order valence-corrected chi connectivity index (χ3v) is 4.31. The minimum Gasteiger partial charge on any atom is -0.468 e. The maximum Gasteiger partial charge on any atom is 0.134 e. The van der Waals surface area contributed by atoms with Crippen molar-refractivity contribution in [2.45, 2.75) is 26.9 Å². The largest absolute Gasteiger partial charge is 0.468 e. The fraction of sp³-hybridized carbons (Fsp3) is 0.278. The van der Waals surface area contributed by atoms with Crippen LogP contribution >= 0.6 is 11.6 Å². The predicted octanol–water partition coefficient (Wildman–Crippen LogP) is 4.73. The SMILES string of the molecule is Cc1ccc2cc(CN(C)Cc3ccco3)c(Cl)nc2c1C. The Bertz CT molecular complexity index is 796. The van der Waals surface area contributed by atoms with Gasteiger partial charge in [-0.25, -0.2) is 4.98 Å². The molecule has 0 bridgehead atoms. The molecule has 0 radical (unpaired) electrons. The fourth-order valence-electron chi connectivity index (χ4n) is 2.63. The van der Waals surface area contributed by atoms with E-state index in [4.69, 9.17) is 16.0 Å². The molecular formula is C18H19ClN2O. The molecule has 0 fully saturated rings. The molecule has 3 rings (SSSR count). The molecule has 0 aliphatic carbocycles. The summed E-state index contributed by atoms with van der Waals surface area (Å²) < 4.78 is 5.38. The first kappa shape index (κ1) is 15.1. The van der Waals surface area contributed by atoms with Gasteiger partial charge >= 0.3 is 0 Å². The number of aromatic nitrogens is 1. The van der Waals surface area contributed by atoms with Crippen molar-refractivity contribution in [1.29, 1.82) is 0 Å². The Morgan fingerprint density at radius 2 is 2.00 bits per heavy atom. The van der Waals surface area contributed by atoms with Crippen LogP contribution in [0, 0.1) is 13.8 Å². The van der Waals surface area contributed by atoms with E-state index in [1.165, 1.54) is 11.1 Å². The summed E-state index contributed by atoms with van der Waals surface area (Å²) in [4.78, 5) is 6.76. The van der Waals surface area contributed by atoms with Crippen molar-refractivity contribution >= 4 is 22.5 Å². The van der Waals surface area contributed by atoms with Gasteiger partial charge in [-0.15, -0.1) is 0 Å². The van der Waals surface area contributed by atoms with Gasteiger partial charge in [0.1, 0.15) is 10.9 Å². The minimum atomic E-state index is 0.576. The zero-order valence-electron chi connectivity index (χ0n) is 13.1. The van der Waals surface area contributed by atoms with Crippen molar-refractivity contribution in [1.82, 2.24) is 9.88 Å². The number of aryl methyl sites for hydroxylation is 2. The molecule has 0 atom stereocenters. The summed E-state index contributed by atoms with van der Waals surface area (Å²) in [5.41, 5.74) is 4.45. The molecule has 0 amide bonds. The molecule has 0 unspecified atom stereocenters. The highest BCUT2D eigenvalue weighted by Crippen LogP contribution is 2.25. The highest BCUT2D eigenvalue weighted by molar-refractivity contribution is 6.30. The maximum atomic E-state index is 6.39. The van der Waals surface area contributed by atoms with Crippen LogP contribution in [0.4, 0.5) is 0 Å². The van der Waals surface area contributed by atoms with E-state index >= 15 is 0 Å². The van der Waals surface area contributed by atoms with Gasteiger partial charge in [-0.05, 0) is 50.2 Å². The molecule has 2 heterocycles. The third-order valence-electron chi connectivity index (χ3n) is 3.98. The van der Waals surface area contributed by atoms with Gasteiger partial charge < -0.3 is 4.42 Å². The Morgan fingerprint density at radius 1 is 1.18 bits per heavy atom. The maximum absolute atomic E-state index is 6.39. The molecule has 0 saturated heterocycles. The van der Waals surface area contributed by atoms with Gasteiger partial charge in [0.2, 0.25) is 0 Å². The van der Waals surface area contributed by atoms with Gasteiger partial charge in [0.15, 0.2) is 0 Å². The summed E-state index contributed by atoms with van der Waals surface area (Å²) in [6.45, 7) is 5.66. The summed E-state index contributed by atoms with van der Waals surface area (Å²) in [6.07, 6.45) is 1.69. The molecule has 0 N–H and O–H groups in total. The lowest BCUT2D eigenvalue weighted by atomic mass is 10.0. The first-order chi connectivity index (χ1) is 10.5. The number of hydrogen-bond acceptors (Lipinski definition) is 3. The van der Waals surface area contributed by atoms with E-state index in [9.17, 15) is 0 Å². The molecule has 1 aromatic carbocycles. The smallest absolute Gasteiger partial charge is 0.134 e. The lowest BCUT2D eigenvalue weighted by Crippen LogP contribution is -2.17. The van der Waals surface area contributed by atoms with Gasteiger partial charge in [-0.3, -0.25) is 4.90 Å². The summed E-state index contributed by atoms with van der Waals surface area (Å²) in [7, 11) is 2.05. The highest BCUT2D eigenvalue weighted by Gasteiger charge is 2.11. The van der Waals surface area contributed by atoms with Gasteiger partial charge in [-0.1, -0.05) is 23.7 Å². The number of pyridine rings is 1. The Kier molecular flexibility index (Phi) is 4.19. The molecule has 2 aromatic heterocycles. The van der Waals surface area contributed by atoms with Crippen molar-refractivity contribution in [2.75, 3.05) is 7.05 Å². The quantitative estimate of drug-likeness (QED) is 0.652. The Morgan fingerprint density at radius 3 is 2.73 bits per heavy atom. The van der Waals surface area contributed by atoms with E-state index in [2.05, 4.69) is 41.9 Å². The molecular weight excluding hydrogens is 296 g/mol. The molecule has 0 aliphatic heterocycles. The Balaban J connectivity index is 1.87. The number of nitrogens with zero attached hydrogens (tertiary/aromatic N) is 2. The monoisotopic (exact) mass is 314 g/mol. The molecule has 22 heavy (non-hydrogen) atoms. The molecule has 0 saturated carbocycles. The number of rotatable bonds is 4. The number of benzene rings is 1. The van der Waals surface area contributed by atoms with E-state index in [0.29, 0.717) is 5.15 Å². The standard InChI is InChI=1S/C18H19ClN2O/c1-12-6-7-14-9-15(18(19)20-17(14)13(12)2)10-21(3)11-16-5-4-8-22-16/h4-9H,10-11H2,1-3H3. The van der Waals surface area contributed by atoms with Crippen LogP contribution in [0.5, 0.6) is 0 Å². The van der Waals surface area contributed by atoms with Crippen molar-refractivity contribution in [3.05, 3.63) is 64.2 Å². The molecule has 4 heteroatoms. The fourth-order valence-corrected chi connectivity index (χ4v) is 2.83. The average molecular weight is 315 g/mol. The van der Waals surface area contributed by atoms with E-state index < -0.39 is 0 Å². The minimum absolute atomic E-state index is 0.576. The second-order valence-corrected chi connectivity index (χ2v) is 6.13. The second-order valence-electron chi connectivity index (χ2n) is 5.77. The van der Waals surface area contributed by atoms with Crippen LogP contribution in [0.15, 0.2) is 41.0 Å². The molecule has 114 valence electrons. The van der Waals surface area contributed by atoms with Gasteiger partial charge in [0.25, 0.3) is 0 Å². The summed E-state index contributed by atoms with van der Waals surface area (Å²) in [6, 6.07) is 10.2. The summed E-state index contributed by atoms with van der Waals surface area (Å²) >= 11 is 6.39. The zero-order chi connectivity index (χ0) is 15.7. The van der Waals surface area contributed by atoms with E-state index in [1.807, 2.05) is 19.2 Å². The molecule has 0 aliphatic rings. The first-order valence-corrected chi connectivity index (χ1v) is 7.68. The Hall–Kier alpha value is -1.84. The zero-order valence-corrected chi connectivity index (χ0v) is 13.8. The van der Waals surface area contributed by atoms with Gasteiger partial charge in [0.05, 0.1) is 18.3 Å². The van der Waals surface area contributed by atoms with E-state index in [1.54, 1.807) is 6.26 Å². The number of furan rings is 1. The van der Waals surface area contributed by atoms with Crippen LogP contribution in [-0.4, -0.2) is 16.9 Å². The topological polar surface area (TPSA) is 29.3 Å². The van der Waals surface area contributed by atoms with Crippen LogP contribution in [0.2, 0.25) is 5.15 Å².